The summed E-state index contributed by atoms with van der Waals surface area (Å²) < 4.78 is 6.80. The number of hydrogen-bond donors (Lipinski definition) is 0. The zero-order valence-electron chi connectivity index (χ0n) is 29.4. The molecular weight excluding hydrogens is 655 g/mol. The fourth-order valence-corrected chi connectivity index (χ4v) is 8.47. The zero-order valence-corrected chi connectivity index (χ0v) is 29.4. The number of anilines is 3. The molecule has 0 saturated carbocycles. The van der Waals surface area contributed by atoms with Gasteiger partial charge in [0.15, 0.2) is 5.58 Å². The van der Waals surface area contributed by atoms with E-state index >= 15 is 0 Å². The van der Waals surface area contributed by atoms with E-state index in [9.17, 15) is 0 Å². The van der Waals surface area contributed by atoms with Gasteiger partial charge in [-0.05, 0) is 85.6 Å². The van der Waals surface area contributed by atoms with Crippen LogP contribution in [-0.2, 0) is 0 Å². The normalized spacial score (nSPS) is 11.7. The molecule has 54 heavy (non-hydrogen) atoms. The Balaban J connectivity index is 1.22. The fourth-order valence-electron chi connectivity index (χ4n) is 8.47. The molecule has 11 rings (SSSR count). The smallest absolute Gasteiger partial charge is 0.159 e. The molecule has 0 fully saturated rings. The summed E-state index contributed by atoms with van der Waals surface area (Å²) in [5.74, 6) is 0. The highest BCUT2D eigenvalue weighted by molar-refractivity contribution is 6.14. The van der Waals surface area contributed by atoms with Crippen molar-refractivity contribution in [3.63, 3.8) is 0 Å². The minimum absolute atomic E-state index is 0.858. The molecule has 0 spiro atoms. The topological polar surface area (TPSA) is 16.4 Å². The quantitative estimate of drug-likeness (QED) is 0.166. The lowest BCUT2D eigenvalue weighted by molar-refractivity contribution is 0.669. The van der Waals surface area contributed by atoms with Gasteiger partial charge in [0.05, 0.1) is 17.1 Å². The first kappa shape index (κ1) is 30.5. The Hall–Kier alpha value is -7.16. The van der Waals surface area contributed by atoms with Crippen LogP contribution in [0.25, 0.3) is 88.3 Å². The predicted molar refractivity (Wildman–Crippen MR) is 227 cm³/mol. The van der Waals surface area contributed by atoms with Gasteiger partial charge in [-0.25, -0.2) is 0 Å². The van der Waals surface area contributed by atoms with E-state index in [1.807, 2.05) is 6.07 Å². The van der Waals surface area contributed by atoms with Crippen LogP contribution in [0, 0.1) is 0 Å². The molecule has 0 amide bonds. The Labute approximate surface area is 313 Å². The lowest BCUT2D eigenvalue weighted by atomic mass is 9.90. The van der Waals surface area contributed by atoms with Gasteiger partial charge in [-0.2, -0.15) is 0 Å². The molecule has 2 nitrogen and oxygen atoms in total. The highest BCUT2D eigenvalue weighted by Gasteiger charge is 2.28. The third-order valence-corrected chi connectivity index (χ3v) is 11.0. The standard InChI is InChI=1S/C52H33NO/c1-3-15-34(16-4-1)38-23-11-19-36-20-12-24-41(50(36)38)39-21-7-9-28-46(39)53(48-29-14-27-44-40-22-8-10-30-49(40)54-52(44)48)47-32-31-37(51-42-25-13-26-43(42)51)33-45(47)35-17-5-2-6-18-35/h1-33H. The molecule has 2 heteroatoms. The van der Waals surface area contributed by atoms with Crippen LogP contribution < -0.4 is 4.90 Å². The van der Waals surface area contributed by atoms with Crippen LogP contribution in [0.4, 0.5) is 17.1 Å². The van der Waals surface area contributed by atoms with Crippen LogP contribution >= 0.6 is 0 Å². The minimum atomic E-state index is 0.858. The predicted octanol–water partition coefficient (Wildman–Crippen LogP) is 14.9. The van der Waals surface area contributed by atoms with Crippen molar-refractivity contribution >= 4 is 49.8 Å². The number of fused-ring (bicyclic) bond motifs is 5. The molecule has 1 aromatic heterocycles. The Morgan fingerprint density at radius 1 is 0.333 bits per heavy atom. The molecule has 0 bridgehead atoms. The summed E-state index contributed by atoms with van der Waals surface area (Å²) >= 11 is 0. The van der Waals surface area contributed by atoms with Gasteiger partial charge in [-0.3, -0.25) is 0 Å². The molecule has 9 aromatic rings. The molecule has 1 heterocycles. The number of nitrogens with zero attached hydrogens (tertiary/aromatic N) is 1. The Morgan fingerprint density at radius 3 is 1.69 bits per heavy atom. The van der Waals surface area contributed by atoms with E-state index < -0.39 is 0 Å². The van der Waals surface area contributed by atoms with Crippen molar-refractivity contribution in [2.75, 3.05) is 4.90 Å². The summed E-state index contributed by atoms with van der Waals surface area (Å²) in [6, 6.07) is 72.1. The molecule has 2 aliphatic rings. The van der Waals surface area contributed by atoms with E-state index in [0.29, 0.717) is 0 Å². The molecular formula is C52H33NO. The molecule has 0 aliphatic heterocycles. The number of para-hydroxylation sites is 3. The van der Waals surface area contributed by atoms with Crippen molar-refractivity contribution in [2.24, 2.45) is 0 Å². The van der Waals surface area contributed by atoms with Crippen molar-refractivity contribution < 1.29 is 4.42 Å². The van der Waals surface area contributed by atoms with Gasteiger partial charge in [-0.1, -0.05) is 170 Å². The van der Waals surface area contributed by atoms with Gasteiger partial charge in [-0.15, -0.1) is 0 Å². The van der Waals surface area contributed by atoms with E-state index in [1.54, 1.807) is 0 Å². The van der Waals surface area contributed by atoms with Crippen LogP contribution in [0.2, 0.25) is 0 Å². The van der Waals surface area contributed by atoms with Crippen molar-refractivity contribution in [1.82, 2.24) is 0 Å². The monoisotopic (exact) mass is 687 g/mol. The molecule has 0 unspecified atom stereocenters. The van der Waals surface area contributed by atoms with E-state index in [4.69, 9.17) is 4.42 Å². The van der Waals surface area contributed by atoms with E-state index in [0.717, 1.165) is 55.7 Å². The summed E-state index contributed by atoms with van der Waals surface area (Å²) in [7, 11) is 0. The van der Waals surface area contributed by atoms with Crippen LogP contribution in [0.1, 0.15) is 0 Å². The van der Waals surface area contributed by atoms with Crippen molar-refractivity contribution in [3.8, 4) is 55.6 Å². The van der Waals surface area contributed by atoms with Gasteiger partial charge >= 0.3 is 0 Å². The highest BCUT2D eigenvalue weighted by atomic mass is 16.3. The van der Waals surface area contributed by atoms with Gasteiger partial charge in [0.25, 0.3) is 0 Å². The van der Waals surface area contributed by atoms with Crippen molar-refractivity contribution in [2.45, 2.75) is 0 Å². The number of benzene rings is 9. The van der Waals surface area contributed by atoms with Crippen LogP contribution in [0.15, 0.2) is 205 Å². The molecule has 0 N–H and O–H groups in total. The number of rotatable bonds is 7. The molecule has 8 aromatic carbocycles. The van der Waals surface area contributed by atoms with E-state index in [-0.39, 0.29) is 0 Å². The second-order valence-electron chi connectivity index (χ2n) is 14.0. The second kappa shape index (κ2) is 12.2. The number of hydrogen-bond acceptors (Lipinski definition) is 2. The largest absolute Gasteiger partial charge is 0.454 e. The van der Waals surface area contributed by atoms with Crippen LogP contribution in [-0.4, -0.2) is 0 Å². The average Bonchev–Trinajstić information content (AvgIpc) is 3.51. The Bertz CT molecular complexity index is 3020. The molecule has 0 radical (unpaired) electrons. The molecule has 2 aliphatic carbocycles. The summed E-state index contributed by atoms with van der Waals surface area (Å²) in [5.41, 5.74) is 17.2. The molecule has 252 valence electrons. The first-order valence-electron chi connectivity index (χ1n) is 18.5. The maximum Gasteiger partial charge on any atom is 0.159 e. The second-order valence-corrected chi connectivity index (χ2v) is 14.0. The van der Waals surface area contributed by atoms with Gasteiger partial charge in [0, 0.05) is 21.9 Å². The highest BCUT2D eigenvalue weighted by Crippen LogP contribution is 2.54. The maximum absolute atomic E-state index is 6.80. The van der Waals surface area contributed by atoms with Crippen molar-refractivity contribution in [1.29, 1.82) is 0 Å². The van der Waals surface area contributed by atoms with Crippen LogP contribution in [0.3, 0.4) is 0 Å². The third-order valence-electron chi connectivity index (χ3n) is 11.0. The summed E-state index contributed by atoms with van der Waals surface area (Å²) in [6.07, 6.45) is 0. The fraction of sp³-hybridized carbons (Fsp3) is 0. The minimum Gasteiger partial charge on any atom is -0.454 e. The van der Waals surface area contributed by atoms with Gasteiger partial charge in [0.1, 0.15) is 5.58 Å². The molecule has 0 atom stereocenters. The summed E-state index contributed by atoms with van der Waals surface area (Å²) in [4.78, 5) is 2.43. The third kappa shape index (κ3) is 4.81. The van der Waals surface area contributed by atoms with Crippen LogP contribution in [0.5, 0.6) is 0 Å². The van der Waals surface area contributed by atoms with E-state index in [2.05, 4.69) is 199 Å². The lowest BCUT2D eigenvalue weighted by Crippen LogP contribution is -2.13. The average molecular weight is 688 g/mol. The Morgan fingerprint density at radius 2 is 0.889 bits per heavy atom. The van der Waals surface area contributed by atoms with Crippen molar-refractivity contribution in [3.05, 3.63) is 200 Å². The van der Waals surface area contributed by atoms with E-state index in [1.165, 1.54) is 49.7 Å². The molecule has 0 saturated heterocycles. The van der Waals surface area contributed by atoms with Gasteiger partial charge in [0.2, 0.25) is 0 Å². The first-order chi connectivity index (χ1) is 26.8. The summed E-state index contributed by atoms with van der Waals surface area (Å²) in [5, 5.41) is 4.64. The zero-order chi connectivity index (χ0) is 35.6. The number of furan rings is 1. The summed E-state index contributed by atoms with van der Waals surface area (Å²) in [6.45, 7) is 0. The Kier molecular flexibility index (Phi) is 6.90. The lowest BCUT2D eigenvalue weighted by Gasteiger charge is -2.30. The maximum atomic E-state index is 6.80. The van der Waals surface area contributed by atoms with Gasteiger partial charge < -0.3 is 9.32 Å². The SMILES string of the molecule is c1ccc(-c2cc(-c3c4cccc3-4)ccc2N(c2ccccc2-c2cccc3cccc(-c4ccccc4)c23)c2cccc3c2oc2ccccc23)cc1. The first-order valence-corrected chi connectivity index (χ1v) is 18.5.